The molecule has 0 unspecified atom stereocenters. The molecule has 10 heteroatoms. The van der Waals surface area contributed by atoms with Gasteiger partial charge in [0.15, 0.2) is 17.2 Å². The third-order valence-electron chi connectivity index (χ3n) is 5.70. The van der Waals surface area contributed by atoms with E-state index in [1.54, 1.807) is 6.07 Å². The van der Waals surface area contributed by atoms with E-state index in [1.165, 1.54) is 37.3 Å². The van der Waals surface area contributed by atoms with Crippen LogP contribution < -0.4 is 10.9 Å². The number of hydrogen-bond donors (Lipinski definition) is 4. The molecule has 3 aromatic rings. The summed E-state index contributed by atoms with van der Waals surface area (Å²) in [6, 6.07) is 6.34. The van der Waals surface area contributed by atoms with Gasteiger partial charge in [-0.25, -0.2) is 4.39 Å². The van der Waals surface area contributed by atoms with E-state index in [9.17, 15) is 32.6 Å². The van der Waals surface area contributed by atoms with Crippen molar-refractivity contribution in [1.29, 1.82) is 0 Å². The fourth-order valence-corrected chi connectivity index (χ4v) is 4.32. The van der Waals surface area contributed by atoms with Crippen LogP contribution in [0, 0.1) is 5.82 Å². The maximum Gasteiger partial charge on any atom is 0.419 e. The number of hydrogen-bond acceptors (Lipinski definition) is 4. The number of rotatable bonds is 2. The van der Waals surface area contributed by atoms with Gasteiger partial charge >= 0.3 is 6.18 Å². The van der Waals surface area contributed by atoms with Crippen molar-refractivity contribution in [1.82, 2.24) is 4.98 Å². The monoisotopic (exact) mass is 468 g/mol. The summed E-state index contributed by atoms with van der Waals surface area (Å²) in [5.74, 6) is -2.05. The van der Waals surface area contributed by atoms with Crippen molar-refractivity contribution in [2.45, 2.75) is 31.2 Å². The lowest BCUT2D eigenvalue weighted by Crippen LogP contribution is -2.54. The number of aromatic nitrogens is 1. The molecule has 2 atom stereocenters. The highest BCUT2D eigenvalue weighted by molar-refractivity contribution is 6.31. The minimum Gasteiger partial charge on any atom is -0.504 e. The number of anilines is 1. The number of pyridine rings is 1. The first-order chi connectivity index (χ1) is 15.0. The van der Waals surface area contributed by atoms with Crippen LogP contribution in [-0.4, -0.2) is 27.0 Å². The largest absolute Gasteiger partial charge is 0.504 e. The minimum atomic E-state index is -5.09. The van der Waals surface area contributed by atoms with Crippen LogP contribution in [0.4, 0.5) is 23.2 Å². The summed E-state index contributed by atoms with van der Waals surface area (Å²) >= 11 is 5.85. The van der Waals surface area contributed by atoms with E-state index in [4.69, 9.17) is 11.6 Å². The fraction of sp³-hybridized carbons (Fsp3) is 0.227. The summed E-state index contributed by atoms with van der Waals surface area (Å²) < 4.78 is 56.9. The predicted octanol–water partition coefficient (Wildman–Crippen LogP) is 5.28. The maximum atomic E-state index is 14.3. The number of phenolic OH excluding ortho intramolecular Hbond substituents is 1. The molecule has 5 nitrogen and oxygen atoms in total. The Morgan fingerprint density at radius 1 is 1.28 bits per heavy atom. The standard InChI is InChI=1S/C22H17ClF4N2O3/c1-2-10-9-21(32,22(25,26)27)20(12-8-13(23)18(24)19(31)17(10)12)29-15-5-3-4-14-11(15)6-7-16(30)28-14/h2-8,20,29,31-32H,9H2,1H3,(H,28,30)/b10-2+/t20-,21-/m1/s1. The van der Waals surface area contributed by atoms with Gasteiger partial charge in [0.05, 0.1) is 16.6 Å². The van der Waals surface area contributed by atoms with Crippen LogP contribution in [0.3, 0.4) is 0 Å². The second-order valence-electron chi connectivity index (χ2n) is 7.56. The molecular formula is C22H17ClF4N2O3. The van der Waals surface area contributed by atoms with Gasteiger partial charge in [-0.05, 0) is 42.3 Å². The topological polar surface area (TPSA) is 85.4 Å². The van der Waals surface area contributed by atoms with Crippen molar-refractivity contribution in [2.24, 2.45) is 0 Å². The summed E-state index contributed by atoms with van der Waals surface area (Å²) in [5.41, 5.74) is -3.60. The van der Waals surface area contributed by atoms with Gasteiger partial charge < -0.3 is 20.5 Å². The zero-order valence-electron chi connectivity index (χ0n) is 16.5. The number of alkyl halides is 3. The Morgan fingerprint density at radius 3 is 2.66 bits per heavy atom. The molecule has 1 heterocycles. The van der Waals surface area contributed by atoms with Crippen molar-refractivity contribution >= 4 is 33.8 Å². The van der Waals surface area contributed by atoms with E-state index in [1.807, 2.05) is 0 Å². The number of allylic oxidation sites excluding steroid dienone is 1. The van der Waals surface area contributed by atoms with Crippen LogP contribution in [0.15, 0.2) is 47.3 Å². The number of benzene rings is 2. The predicted molar refractivity (Wildman–Crippen MR) is 113 cm³/mol. The Bertz CT molecular complexity index is 1320. The van der Waals surface area contributed by atoms with E-state index < -0.39 is 46.4 Å². The first-order valence-corrected chi connectivity index (χ1v) is 9.90. The van der Waals surface area contributed by atoms with E-state index >= 15 is 0 Å². The van der Waals surface area contributed by atoms with Gasteiger partial charge in [-0.3, -0.25) is 4.79 Å². The van der Waals surface area contributed by atoms with Crippen LogP contribution in [0.25, 0.3) is 16.5 Å². The fourth-order valence-electron chi connectivity index (χ4n) is 4.11. The molecule has 0 fully saturated rings. The second-order valence-corrected chi connectivity index (χ2v) is 7.97. The van der Waals surface area contributed by atoms with Crippen molar-refractivity contribution in [3.8, 4) is 5.75 Å². The molecule has 2 aromatic carbocycles. The van der Waals surface area contributed by atoms with Gasteiger partial charge in [-0.2, -0.15) is 13.2 Å². The van der Waals surface area contributed by atoms with Crippen LogP contribution >= 0.6 is 11.6 Å². The second kappa shape index (κ2) is 7.53. The van der Waals surface area contributed by atoms with Crippen LogP contribution in [0.1, 0.15) is 30.5 Å². The summed E-state index contributed by atoms with van der Waals surface area (Å²) in [5, 5.41) is 23.8. The molecule has 1 aliphatic carbocycles. The number of aromatic amines is 1. The highest BCUT2D eigenvalue weighted by atomic mass is 35.5. The molecule has 0 bridgehead atoms. The highest BCUT2D eigenvalue weighted by Crippen LogP contribution is 2.55. The van der Waals surface area contributed by atoms with E-state index in [-0.39, 0.29) is 22.4 Å². The Morgan fingerprint density at radius 2 is 2.00 bits per heavy atom. The van der Waals surface area contributed by atoms with Crippen LogP contribution in [-0.2, 0) is 0 Å². The third-order valence-corrected chi connectivity index (χ3v) is 5.97. The van der Waals surface area contributed by atoms with Crippen LogP contribution in [0.5, 0.6) is 5.75 Å². The number of aliphatic hydroxyl groups is 1. The first kappa shape index (κ1) is 22.2. The summed E-state index contributed by atoms with van der Waals surface area (Å²) in [6.45, 7) is 1.43. The molecule has 0 radical (unpaired) electrons. The highest BCUT2D eigenvalue weighted by Gasteiger charge is 2.62. The number of halogens is 5. The molecule has 4 rings (SSSR count). The Hall–Kier alpha value is -3.04. The lowest BCUT2D eigenvalue weighted by molar-refractivity contribution is -0.265. The lowest BCUT2D eigenvalue weighted by atomic mass is 9.72. The molecule has 0 saturated carbocycles. The Balaban J connectivity index is 1.99. The van der Waals surface area contributed by atoms with Crippen molar-refractivity contribution < 1.29 is 27.8 Å². The van der Waals surface area contributed by atoms with Gasteiger partial charge in [0, 0.05) is 29.1 Å². The molecule has 4 N–H and O–H groups in total. The van der Waals surface area contributed by atoms with Gasteiger partial charge in [0.25, 0.3) is 0 Å². The molecule has 1 aliphatic rings. The molecular weight excluding hydrogens is 452 g/mol. The smallest absolute Gasteiger partial charge is 0.419 e. The first-order valence-electron chi connectivity index (χ1n) is 9.52. The number of H-pyrrole nitrogens is 1. The van der Waals surface area contributed by atoms with Crippen molar-refractivity contribution in [3.05, 3.63) is 74.8 Å². The van der Waals surface area contributed by atoms with Crippen LogP contribution in [0.2, 0.25) is 5.02 Å². The van der Waals surface area contributed by atoms with Gasteiger partial charge in [-0.15, -0.1) is 0 Å². The lowest BCUT2D eigenvalue weighted by Gasteiger charge is -2.44. The molecule has 0 amide bonds. The Labute approximate surface area is 184 Å². The molecule has 0 spiro atoms. The average molecular weight is 469 g/mol. The zero-order chi connectivity index (χ0) is 23.4. The number of phenols is 1. The summed E-state index contributed by atoms with van der Waals surface area (Å²) in [6.07, 6.45) is -4.73. The summed E-state index contributed by atoms with van der Waals surface area (Å²) in [4.78, 5) is 14.2. The van der Waals surface area contributed by atoms with E-state index in [0.29, 0.717) is 10.9 Å². The van der Waals surface area contributed by atoms with Gasteiger partial charge in [0.2, 0.25) is 5.56 Å². The minimum absolute atomic E-state index is 0.0757. The average Bonchev–Trinajstić information content (AvgIpc) is 2.72. The van der Waals surface area contributed by atoms with E-state index in [0.717, 1.165) is 6.07 Å². The molecule has 168 valence electrons. The molecule has 0 aliphatic heterocycles. The maximum absolute atomic E-state index is 14.3. The summed E-state index contributed by atoms with van der Waals surface area (Å²) in [7, 11) is 0. The number of nitrogens with one attached hydrogen (secondary N) is 2. The number of fused-ring (bicyclic) bond motifs is 2. The molecule has 1 aromatic heterocycles. The molecule has 0 saturated heterocycles. The zero-order valence-corrected chi connectivity index (χ0v) is 17.3. The number of aromatic hydroxyl groups is 1. The van der Waals surface area contributed by atoms with Gasteiger partial charge in [-0.1, -0.05) is 23.7 Å². The SMILES string of the molecule is C/C=C1\C[C@](O)(C(F)(F)F)[C@H](Nc2cccc3[nH]c(=O)ccc23)c2cc(Cl)c(F)c(O)c21. The van der Waals surface area contributed by atoms with Gasteiger partial charge in [0.1, 0.15) is 0 Å². The quantitative estimate of drug-likeness (QED) is 0.385. The van der Waals surface area contributed by atoms with Crippen molar-refractivity contribution in [3.63, 3.8) is 0 Å². The van der Waals surface area contributed by atoms with Crippen molar-refractivity contribution in [2.75, 3.05) is 5.32 Å². The third kappa shape index (κ3) is 3.32. The van der Waals surface area contributed by atoms with E-state index in [2.05, 4.69) is 10.3 Å². The Kier molecular flexibility index (Phi) is 5.21. The molecule has 32 heavy (non-hydrogen) atoms. The normalized spacial score (nSPS) is 22.2.